The lowest BCUT2D eigenvalue weighted by Crippen LogP contribution is -1.84. The summed E-state index contributed by atoms with van der Waals surface area (Å²) < 4.78 is 13.1. The second-order valence-corrected chi connectivity index (χ2v) is 2.51. The van der Waals surface area contributed by atoms with Crippen molar-refractivity contribution in [3.05, 3.63) is 54.4 Å². The van der Waals surface area contributed by atoms with Crippen molar-refractivity contribution in [3.8, 4) is 0 Å². The fraction of sp³-hybridized carbons (Fsp3) is 0.0909. The zero-order chi connectivity index (χ0) is 8.97. The molecule has 62 valence electrons. The molecule has 0 heterocycles. The molecular weight excluding hydrogens is 151 g/mol. The van der Waals surface area contributed by atoms with Gasteiger partial charge in [0.2, 0.25) is 0 Å². The van der Waals surface area contributed by atoms with Gasteiger partial charge in [-0.3, -0.25) is 0 Å². The van der Waals surface area contributed by atoms with Crippen molar-refractivity contribution in [3.63, 3.8) is 0 Å². The molecule has 0 radical (unpaired) electrons. The molecule has 1 aromatic rings. The van der Waals surface area contributed by atoms with Crippen LogP contribution in [0, 0.1) is 5.82 Å². The van der Waals surface area contributed by atoms with Crippen molar-refractivity contribution < 1.29 is 4.39 Å². The van der Waals surface area contributed by atoms with Crippen molar-refractivity contribution in [2.45, 2.75) is 6.92 Å². The maximum absolute atomic E-state index is 13.1. The SMILES string of the molecule is C=C(/C=C\C)c1ccccc1F. The van der Waals surface area contributed by atoms with Gasteiger partial charge in [0.25, 0.3) is 0 Å². The molecule has 1 heteroatoms. The average Bonchev–Trinajstić information content (AvgIpc) is 2.05. The van der Waals surface area contributed by atoms with Gasteiger partial charge in [0.05, 0.1) is 0 Å². The highest BCUT2D eigenvalue weighted by atomic mass is 19.1. The number of benzene rings is 1. The van der Waals surface area contributed by atoms with Crippen LogP contribution in [0.2, 0.25) is 0 Å². The van der Waals surface area contributed by atoms with E-state index in [0.717, 1.165) is 0 Å². The molecule has 0 bridgehead atoms. The second kappa shape index (κ2) is 3.86. The summed E-state index contributed by atoms with van der Waals surface area (Å²) in [4.78, 5) is 0. The third-order valence-corrected chi connectivity index (χ3v) is 1.59. The maximum Gasteiger partial charge on any atom is 0.131 e. The Labute approximate surface area is 72.0 Å². The number of halogens is 1. The Balaban J connectivity index is 3.03. The standard InChI is InChI=1S/C11H11F/c1-3-6-9(2)10-7-4-5-8-11(10)12/h3-8H,2H2,1H3/b6-3-. The normalized spacial score (nSPS) is 10.5. The van der Waals surface area contributed by atoms with Gasteiger partial charge in [-0.05, 0) is 18.6 Å². The van der Waals surface area contributed by atoms with Gasteiger partial charge in [0.15, 0.2) is 0 Å². The molecule has 1 aromatic carbocycles. The minimum atomic E-state index is -0.222. The van der Waals surface area contributed by atoms with E-state index in [2.05, 4.69) is 6.58 Å². The van der Waals surface area contributed by atoms with Gasteiger partial charge in [0.1, 0.15) is 5.82 Å². The van der Waals surface area contributed by atoms with Crippen LogP contribution in [0.4, 0.5) is 4.39 Å². The van der Waals surface area contributed by atoms with Crippen LogP contribution in [0.3, 0.4) is 0 Å². The Kier molecular flexibility index (Phi) is 2.81. The van der Waals surface area contributed by atoms with Crippen LogP contribution in [0.5, 0.6) is 0 Å². The topological polar surface area (TPSA) is 0 Å². The molecule has 1 rings (SSSR count). The maximum atomic E-state index is 13.1. The highest BCUT2D eigenvalue weighted by molar-refractivity contribution is 5.72. The lowest BCUT2D eigenvalue weighted by atomic mass is 10.1. The summed E-state index contributed by atoms with van der Waals surface area (Å²) in [6.07, 6.45) is 3.63. The predicted octanol–water partition coefficient (Wildman–Crippen LogP) is 3.42. The minimum absolute atomic E-state index is 0.222. The fourth-order valence-corrected chi connectivity index (χ4v) is 1.01. The number of hydrogen-bond acceptors (Lipinski definition) is 0. The van der Waals surface area contributed by atoms with E-state index in [1.54, 1.807) is 24.3 Å². The summed E-state index contributed by atoms with van der Waals surface area (Å²) in [6.45, 7) is 5.63. The number of rotatable bonds is 2. The molecule has 0 nitrogen and oxygen atoms in total. The van der Waals surface area contributed by atoms with Crippen LogP contribution < -0.4 is 0 Å². The van der Waals surface area contributed by atoms with Gasteiger partial charge in [-0.25, -0.2) is 4.39 Å². The smallest absolute Gasteiger partial charge is 0.131 e. The van der Waals surface area contributed by atoms with Crippen LogP contribution in [0.1, 0.15) is 12.5 Å². The quantitative estimate of drug-likeness (QED) is 0.584. The first kappa shape index (κ1) is 8.72. The molecule has 0 amide bonds. The first-order chi connectivity index (χ1) is 5.75. The molecule has 0 aliphatic heterocycles. The van der Waals surface area contributed by atoms with Crippen LogP contribution in [0.25, 0.3) is 5.57 Å². The Morgan fingerprint density at radius 2 is 2.08 bits per heavy atom. The largest absolute Gasteiger partial charge is 0.206 e. The lowest BCUT2D eigenvalue weighted by molar-refractivity contribution is 0.624. The summed E-state index contributed by atoms with van der Waals surface area (Å²) in [5.41, 5.74) is 1.27. The molecule has 0 aromatic heterocycles. The van der Waals surface area contributed by atoms with E-state index >= 15 is 0 Å². The molecular formula is C11H11F. The Bertz CT molecular complexity index is 311. The van der Waals surface area contributed by atoms with Gasteiger partial charge < -0.3 is 0 Å². The Morgan fingerprint density at radius 3 is 2.67 bits per heavy atom. The molecule has 0 unspecified atom stereocenters. The van der Waals surface area contributed by atoms with E-state index < -0.39 is 0 Å². The third kappa shape index (κ3) is 1.82. The van der Waals surface area contributed by atoms with E-state index in [-0.39, 0.29) is 5.82 Å². The summed E-state index contributed by atoms with van der Waals surface area (Å²) >= 11 is 0. The number of hydrogen-bond donors (Lipinski definition) is 0. The highest BCUT2D eigenvalue weighted by Crippen LogP contribution is 2.16. The monoisotopic (exact) mass is 162 g/mol. The van der Waals surface area contributed by atoms with Crippen molar-refractivity contribution in [2.24, 2.45) is 0 Å². The second-order valence-electron chi connectivity index (χ2n) is 2.51. The molecule has 0 fully saturated rings. The average molecular weight is 162 g/mol. The van der Waals surface area contributed by atoms with E-state index in [1.807, 2.05) is 13.0 Å². The van der Waals surface area contributed by atoms with Gasteiger partial charge in [-0.15, -0.1) is 0 Å². The van der Waals surface area contributed by atoms with E-state index in [9.17, 15) is 4.39 Å². The van der Waals surface area contributed by atoms with Crippen LogP contribution >= 0.6 is 0 Å². The fourth-order valence-electron chi connectivity index (χ4n) is 1.01. The van der Waals surface area contributed by atoms with Crippen LogP contribution in [0.15, 0.2) is 43.0 Å². The van der Waals surface area contributed by atoms with E-state index in [1.165, 1.54) is 6.07 Å². The molecule has 0 atom stereocenters. The van der Waals surface area contributed by atoms with Crippen molar-refractivity contribution in [2.75, 3.05) is 0 Å². The molecule has 0 aliphatic carbocycles. The predicted molar refractivity (Wildman–Crippen MR) is 50.2 cm³/mol. The first-order valence-electron chi connectivity index (χ1n) is 3.82. The zero-order valence-corrected chi connectivity index (χ0v) is 7.05. The van der Waals surface area contributed by atoms with Crippen molar-refractivity contribution >= 4 is 5.57 Å². The first-order valence-corrected chi connectivity index (χ1v) is 3.82. The molecule has 0 saturated carbocycles. The Morgan fingerprint density at radius 1 is 1.42 bits per heavy atom. The highest BCUT2D eigenvalue weighted by Gasteiger charge is 2.00. The van der Waals surface area contributed by atoms with E-state index in [4.69, 9.17) is 0 Å². The van der Waals surface area contributed by atoms with Crippen molar-refractivity contribution in [1.82, 2.24) is 0 Å². The molecule has 12 heavy (non-hydrogen) atoms. The zero-order valence-electron chi connectivity index (χ0n) is 7.05. The van der Waals surface area contributed by atoms with Gasteiger partial charge >= 0.3 is 0 Å². The minimum Gasteiger partial charge on any atom is -0.206 e. The van der Waals surface area contributed by atoms with Crippen LogP contribution in [-0.4, -0.2) is 0 Å². The van der Waals surface area contributed by atoms with Crippen LogP contribution in [-0.2, 0) is 0 Å². The van der Waals surface area contributed by atoms with Gasteiger partial charge in [-0.1, -0.05) is 36.9 Å². The molecule has 0 aliphatic rings. The van der Waals surface area contributed by atoms with Gasteiger partial charge in [-0.2, -0.15) is 0 Å². The number of allylic oxidation sites excluding steroid dienone is 3. The van der Waals surface area contributed by atoms with E-state index in [0.29, 0.717) is 11.1 Å². The molecule has 0 spiro atoms. The third-order valence-electron chi connectivity index (χ3n) is 1.59. The molecule has 0 N–H and O–H groups in total. The summed E-state index contributed by atoms with van der Waals surface area (Å²) in [7, 11) is 0. The summed E-state index contributed by atoms with van der Waals surface area (Å²) in [6, 6.07) is 6.62. The summed E-state index contributed by atoms with van der Waals surface area (Å²) in [5.74, 6) is -0.222. The Hall–Kier alpha value is -1.37. The summed E-state index contributed by atoms with van der Waals surface area (Å²) in [5, 5.41) is 0. The molecule has 0 saturated heterocycles. The lowest BCUT2D eigenvalue weighted by Gasteiger charge is -2.00. The van der Waals surface area contributed by atoms with Gasteiger partial charge in [0, 0.05) is 5.56 Å². The van der Waals surface area contributed by atoms with Crippen molar-refractivity contribution in [1.29, 1.82) is 0 Å².